The predicted molar refractivity (Wildman–Crippen MR) is 75.2 cm³/mol. The van der Waals surface area contributed by atoms with Crippen molar-refractivity contribution < 1.29 is 14.6 Å². The first-order valence-electron chi connectivity index (χ1n) is 6.22. The minimum absolute atomic E-state index is 0.313. The van der Waals surface area contributed by atoms with Crippen LogP contribution in [0.3, 0.4) is 0 Å². The largest absolute Gasteiger partial charge is 0.462 e. The molecule has 0 bridgehead atoms. The summed E-state index contributed by atoms with van der Waals surface area (Å²) in [7, 11) is 0. The summed E-state index contributed by atoms with van der Waals surface area (Å²) in [5, 5.41) is 14.0. The van der Waals surface area contributed by atoms with E-state index in [-0.39, 0.29) is 0 Å². The number of aliphatic hydroxyl groups excluding tert-OH is 1. The van der Waals surface area contributed by atoms with Gasteiger partial charge in [-0.05, 0) is 31.5 Å². The number of hydrogen-bond acceptors (Lipinski definition) is 4. The number of esters is 1. The van der Waals surface area contributed by atoms with Gasteiger partial charge in [0.05, 0.1) is 35.2 Å². The Balaban J connectivity index is 2.30. The Morgan fingerprint density at radius 2 is 2.30 bits per heavy atom. The molecule has 2 rings (SSSR count). The van der Waals surface area contributed by atoms with Crippen LogP contribution < -0.4 is 0 Å². The van der Waals surface area contributed by atoms with E-state index in [4.69, 9.17) is 16.3 Å². The molecule has 0 aliphatic heterocycles. The molecule has 0 saturated carbocycles. The lowest BCUT2D eigenvalue weighted by Crippen LogP contribution is -2.03. The van der Waals surface area contributed by atoms with Crippen LogP contribution in [-0.2, 0) is 4.74 Å². The van der Waals surface area contributed by atoms with Crippen molar-refractivity contribution >= 4 is 17.6 Å². The van der Waals surface area contributed by atoms with Crippen molar-refractivity contribution in [2.24, 2.45) is 0 Å². The molecule has 1 aromatic carbocycles. The van der Waals surface area contributed by atoms with Crippen LogP contribution in [0, 0.1) is 0 Å². The summed E-state index contributed by atoms with van der Waals surface area (Å²) in [5.74, 6) is -0.421. The number of rotatable bonds is 4. The predicted octanol–water partition coefficient (Wildman–Crippen LogP) is 2.76. The maximum absolute atomic E-state index is 11.6. The van der Waals surface area contributed by atoms with Crippen LogP contribution in [0.2, 0.25) is 5.02 Å². The molecule has 6 heteroatoms. The highest BCUT2D eigenvalue weighted by Crippen LogP contribution is 2.24. The van der Waals surface area contributed by atoms with Crippen LogP contribution in [0.5, 0.6) is 0 Å². The van der Waals surface area contributed by atoms with Gasteiger partial charge in [-0.2, -0.15) is 5.10 Å². The summed E-state index contributed by atoms with van der Waals surface area (Å²) in [4.78, 5) is 11.6. The van der Waals surface area contributed by atoms with Crippen molar-refractivity contribution in [2.75, 3.05) is 6.61 Å². The highest BCUT2D eigenvalue weighted by molar-refractivity contribution is 6.32. The smallest absolute Gasteiger partial charge is 0.341 e. The molecular formula is C14H15ClN2O3. The van der Waals surface area contributed by atoms with Crippen LogP contribution in [0.25, 0.3) is 5.69 Å². The maximum atomic E-state index is 11.6. The summed E-state index contributed by atoms with van der Waals surface area (Å²) < 4.78 is 6.40. The van der Waals surface area contributed by atoms with Crippen LogP contribution >= 0.6 is 11.6 Å². The van der Waals surface area contributed by atoms with Crippen molar-refractivity contribution in [2.45, 2.75) is 20.0 Å². The molecule has 5 nitrogen and oxygen atoms in total. The van der Waals surface area contributed by atoms with Gasteiger partial charge in [-0.1, -0.05) is 17.7 Å². The van der Waals surface area contributed by atoms with E-state index in [0.29, 0.717) is 22.9 Å². The van der Waals surface area contributed by atoms with Gasteiger partial charge in [0.25, 0.3) is 0 Å². The van der Waals surface area contributed by atoms with Crippen molar-refractivity contribution in [3.63, 3.8) is 0 Å². The lowest BCUT2D eigenvalue weighted by Gasteiger charge is -2.09. The second kappa shape index (κ2) is 6.07. The molecule has 1 aromatic heterocycles. The molecule has 0 saturated heterocycles. The molecular weight excluding hydrogens is 280 g/mol. The zero-order valence-electron chi connectivity index (χ0n) is 11.2. The molecule has 1 heterocycles. The van der Waals surface area contributed by atoms with Crippen molar-refractivity contribution in [3.05, 3.63) is 46.7 Å². The van der Waals surface area contributed by atoms with E-state index in [1.165, 1.54) is 10.9 Å². The van der Waals surface area contributed by atoms with Gasteiger partial charge in [-0.25, -0.2) is 9.48 Å². The first-order valence-corrected chi connectivity index (χ1v) is 6.60. The number of benzene rings is 1. The van der Waals surface area contributed by atoms with E-state index >= 15 is 0 Å². The van der Waals surface area contributed by atoms with E-state index in [9.17, 15) is 9.90 Å². The molecule has 0 radical (unpaired) electrons. The van der Waals surface area contributed by atoms with E-state index in [0.717, 1.165) is 5.56 Å². The molecule has 106 valence electrons. The number of halogens is 1. The van der Waals surface area contributed by atoms with Crippen LogP contribution in [-0.4, -0.2) is 27.5 Å². The van der Waals surface area contributed by atoms with Gasteiger partial charge in [0.1, 0.15) is 0 Å². The van der Waals surface area contributed by atoms with Gasteiger partial charge in [-0.3, -0.25) is 0 Å². The fraction of sp³-hybridized carbons (Fsp3) is 0.286. The third-order valence-corrected chi connectivity index (χ3v) is 3.10. The van der Waals surface area contributed by atoms with Gasteiger partial charge in [0.15, 0.2) is 0 Å². The highest BCUT2D eigenvalue weighted by Gasteiger charge is 2.12. The normalized spacial score (nSPS) is 12.2. The Kier molecular flexibility index (Phi) is 4.42. The summed E-state index contributed by atoms with van der Waals surface area (Å²) in [6, 6.07) is 5.18. The Bertz CT molecular complexity index is 623. The topological polar surface area (TPSA) is 64.3 Å². The third kappa shape index (κ3) is 3.00. The number of carbonyl (C=O) groups is 1. The zero-order chi connectivity index (χ0) is 14.7. The summed E-state index contributed by atoms with van der Waals surface area (Å²) in [6.07, 6.45) is 2.40. The highest BCUT2D eigenvalue weighted by atomic mass is 35.5. The van der Waals surface area contributed by atoms with Crippen LogP contribution in [0.1, 0.15) is 35.9 Å². The Morgan fingerprint density at radius 3 is 2.90 bits per heavy atom. The van der Waals surface area contributed by atoms with E-state index in [1.54, 1.807) is 38.2 Å². The molecule has 0 fully saturated rings. The van der Waals surface area contributed by atoms with Crippen molar-refractivity contribution in [3.8, 4) is 5.69 Å². The Hall–Kier alpha value is -1.85. The number of aliphatic hydroxyl groups is 1. The molecule has 0 unspecified atom stereocenters. The number of nitrogens with zero attached hydrogens (tertiary/aromatic N) is 2. The average molecular weight is 295 g/mol. The van der Waals surface area contributed by atoms with Gasteiger partial charge < -0.3 is 9.84 Å². The fourth-order valence-corrected chi connectivity index (χ4v) is 2.02. The van der Waals surface area contributed by atoms with Gasteiger partial charge in [0.2, 0.25) is 0 Å². The van der Waals surface area contributed by atoms with E-state index in [2.05, 4.69) is 5.10 Å². The summed E-state index contributed by atoms with van der Waals surface area (Å²) >= 11 is 6.17. The minimum atomic E-state index is -0.589. The van der Waals surface area contributed by atoms with Crippen LogP contribution in [0.15, 0.2) is 30.6 Å². The first kappa shape index (κ1) is 14.6. The number of hydrogen-bond donors (Lipinski definition) is 1. The third-order valence-electron chi connectivity index (χ3n) is 2.79. The number of aromatic nitrogens is 2. The fourth-order valence-electron chi connectivity index (χ4n) is 1.74. The minimum Gasteiger partial charge on any atom is -0.462 e. The van der Waals surface area contributed by atoms with E-state index in [1.807, 2.05) is 0 Å². The molecule has 2 aromatic rings. The average Bonchev–Trinajstić information content (AvgIpc) is 2.88. The number of carbonyl (C=O) groups excluding carboxylic acids is 1. The standard InChI is InChI=1S/C14H15ClN2O3/c1-3-20-14(19)11-7-16-17(8-11)13-5-4-10(9(2)18)6-12(13)15/h4-9,18H,3H2,1-2H3/t9-/m0/s1. The van der Waals surface area contributed by atoms with Crippen LogP contribution in [0.4, 0.5) is 0 Å². The summed E-state index contributed by atoms with van der Waals surface area (Å²) in [6.45, 7) is 3.72. The lowest BCUT2D eigenvalue weighted by molar-refractivity contribution is 0.0526. The second-order valence-electron chi connectivity index (χ2n) is 4.28. The van der Waals surface area contributed by atoms with Gasteiger partial charge >= 0.3 is 5.97 Å². The lowest BCUT2D eigenvalue weighted by atomic mass is 10.1. The molecule has 1 N–H and O–H groups in total. The second-order valence-corrected chi connectivity index (χ2v) is 4.69. The molecule has 20 heavy (non-hydrogen) atoms. The Morgan fingerprint density at radius 1 is 1.55 bits per heavy atom. The molecule has 1 atom stereocenters. The SMILES string of the molecule is CCOC(=O)c1cnn(-c2ccc([C@H](C)O)cc2Cl)c1. The monoisotopic (exact) mass is 294 g/mol. The van der Waals surface area contributed by atoms with Crippen molar-refractivity contribution in [1.82, 2.24) is 9.78 Å². The quantitative estimate of drug-likeness (QED) is 0.881. The number of ether oxygens (including phenoxy) is 1. The van der Waals surface area contributed by atoms with Crippen molar-refractivity contribution in [1.29, 1.82) is 0 Å². The Labute approximate surface area is 121 Å². The van der Waals surface area contributed by atoms with E-state index < -0.39 is 12.1 Å². The molecule has 0 aliphatic carbocycles. The first-order chi connectivity index (χ1) is 9.52. The maximum Gasteiger partial charge on any atom is 0.341 e. The molecule has 0 aliphatic rings. The van der Waals surface area contributed by atoms with Gasteiger partial charge in [0, 0.05) is 6.20 Å². The zero-order valence-corrected chi connectivity index (χ0v) is 12.0. The molecule has 0 spiro atoms. The summed E-state index contributed by atoms with van der Waals surface area (Å²) in [5.41, 5.74) is 1.71. The van der Waals surface area contributed by atoms with Gasteiger partial charge in [-0.15, -0.1) is 0 Å². The molecule has 0 amide bonds.